The third-order valence-electron chi connectivity index (χ3n) is 2.16. The van der Waals surface area contributed by atoms with Crippen LogP contribution in [0.15, 0.2) is 0 Å². The van der Waals surface area contributed by atoms with Gasteiger partial charge in [-0.25, -0.2) is 0 Å². The first-order valence-electron chi connectivity index (χ1n) is 5.67. The van der Waals surface area contributed by atoms with Crippen molar-refractivity contribution in [1.29, 1.82) is 0 Å². The zero-order valence-corrected chi connectivity index (χ0v) is 10.8. The van der Waals surface area contributed by atoms with Crippen molar-refractivity contribution in [2.45, 2.75) is 53.0 Å². The summed E-state index contributed by atoms with van der Waals surface area (Å²) in [5, 5.41) is 4.22. The summed E-state index contributed by atoms with van der Waals surface area (Å²) in [6, 6.07) is 0.497. The Bertz CT molecular complexity index is 157. The van der Waals surface area contributed by atoms with Crippen molar-refractivity contribution in [2.75, 3.05) is 13.1 Å². The first-order valence-corrected chi connectivity index (χ1v) is 6.08. The van der Waals surface area contributed by atoms with Crippen LogP contribution in [-0.4, -0.2) is 29.1 Å². The second-order valence-corrected chi connectivity index (χ2v) is 4.26. The van der Waals surface area contributed by atoms with Crippen molar-refractivity contribution >= 4 is 17.3 Å². The highest BCUT2D eigenvalue weighted by Crippen LogP contribution is 2.00. The van der Waals surface area contributed by atoms with Gasteiger partial charge in [-0.15, -0.1) is 0 Å². The maximum atomic E-state index is 5.35. The Morgan fingerprint density at radius 3 is 2.36 bits per heavy atom. The lowest BCUT2D eigenvalue weighted by atomic mass is 10.3. The molecule has 14 heavy (non-hydrogen) atoms. The van der Waals surface area contributed by atoms with E-state index in [9.17, 15) is 0 Å². The van der Waals surface area contributed by atoms with Crippen molar-refractivity contribution in [3.8, 4) is 0 Å². The highest BCUT2D eigenvalue weighted by atomic mass is 32.1. The van der Waals surface area contributed by atoms with E-state index in [2.05, 4.69) is 37.9 Å². The van der Waals surface area contributed by atoms with Gasteiger partial charge in [0.05, 0.1) is 0 Å². The summed E-state index contributed by atoms with van der Waals surface area (Å²) in [5.74, 6) is 0. The highest BCUT2D eigenvalue weighted by molar-refractivity contribution is 7.80. The lowest BCUT2D eigenvalue weighted by Crippen LogP contribution is -2.44. The van der Waals surface area contributed by atoms with Crippen LogP contribution < -0.4 is 5.32 Å². The van der Waals surface area contributed by atoms with Crippen molar-refractivity contribution in [1.82, 2.24) is 10.2 Å². The Hall–Kier alpha value is -0.310. The first-order chi connectivity index (χ1) is 6.63. The fraction of sp³-hybridized carbons (Fsp3) is 0.909. The first kappa shape index (κ1) is 13.7. The minimum absolute atomic E-state index is 0.497. The molecule has 0 fully saturated rings. The lowest BCUT2D eigenvalue weighted by molar-refractivity contribution is 0.344. The molecule has 0 amide bonds. The van der Waals surface area contributed by atoms with Crippen LogP contribution in [0.2, 0.25) is 0 Å². The molecular weight excluding hydrogens is 192 g/mol. The second-order valence-electron chi connectivity index (χ2n) is 3.87. The van der Waals surface area contributed by atoms with E-state index in [4.69, 9.17) is 12.2 Å². The Balaban J connectivity index is 3.89. The van der Waals surface area contributed by atoms with E-state index in [1.165, 1.54) is 12.8 Å². The second kappa shape index (κ2) is 8.04. The van der Waals surface area contributed by atoms with E-state index < -0.39 is 0 Å². The molecular formula is C11H24N2S. The number of hydrogen-bond donors (Lipinski definition) is 1. The Morgan fingerprint density at radius 2 is 1.93 bits per heavy atom. The molecule has 0 unspecified atom stereocenters. The predicted octanol–water partition coefficient (Wildman–Crippen LogP) is 2.78. The topological polar surface area (TPSA) is 15.3 Å². The molecule has 0 atom stereocenters. The maximum absolute atomic E-state index is 5.35. The van der Waals surface area contributed by atoms with E-state index >= 15 is 0 Å². The fourth-order valence-electron chi connectivity index (χ4n) is 1.31. The number of hydrogen-bond acceptors (Lipinski definition) is 1. The Kier molecular flexibility index (Phi) is 7.86. The average molecular weight is 216 g/mol. The van der Waals surface area contributed by atoms with Crippen LogP contribution in [-0.2, 0) is 0 Å². The smallest absolute Gasteiger partial charge is 0.169 e. The zero-order valence-electron chi connectivity index (χ0n) is 9.97. The average Bonchev–Trinajstić information content (AvgIpc) is 2.13. The molecule has 0 heterocycles. The number of unbranched alkanes of at least 4 members (excludes halogenated alkanes) is 1. The molecule has 0 aliphatic carbocycles. The molecule has 84 valence electrons. The number of nitrogens with zero attached hydrogens (tertiary/aromatic N) is 1. The van der Waals surface area contributed by atoms with E-state index in [0.717, 1.165) is 24.6 Å². The van der Waals surface area contributed by atoms with Crippen molar-refractivity contribution in [2.24, 2.45) is 0 Å². The molecule has 0 radical (unpaired) electrons. The van der Waals surface area contributed by atoms with Crippen LogP contribution in [0, 0.1) is 0 Å². The van der Waals surface area contributed by atoms with E-state index in [1.807, 2.05) is 0 Å². The summed E-state index contributed by atoms with van der Waals surface area (Å²) < 4.78 is 0. The third-order valence-corrected chi connectivity index (χ3v) is 2.53. The largest absolute Gasteiger partial charge is 0.363 e. The highest BCUT2D eigenvalue weighted by Gasteiger charge is 2.10. The van der Waals surface area contributed by atoms with Crippen LogP contribution in [0.4, 0.5) is 0 Å². The number of nitrogens with one attached hydrogen (secondary N) is 1. The number of thiocarbonyl (C=S) groups is 1. The van der Waals surface area contributed by atoms with Crippen LogP contribution in [0.5, 0.6) is 0 Å². The summed E-state index contributed by atoms with van der Waals surface area (Å²) in [7, 11) is 0. The van der Waals surface area contributed by atoms with Crippen LogP contribution in [0.1, 0.15) is 47.0 Å². The quantitative estimate of drug-likeness (QED) is 0.543. The summed E-state index contributed by atoms with van der Waals surface area (Å²) in [6.45, 7) is 10.8. The monoisotopic (exact) mass is 216 g/mol. The van der Waals surface area contributed by atoms with Gasteiger partial charge in [0, 0.05) is 19.1 Å². The summed E-state index contributed by atoms with van der Waals surface area (Å²) in [4.78, 5) is 2.25. The van der Waals surface area contributed by atoms with Gasteiger partial charge < -0.3 is 10.2 Å². The van der Waals surface area contributed by atoms with Crippen molar-refractivity contribution < 1.29 is 0 Å². The van der Waals surface area contributed by atoms with E-state index in [0.29, 0.717) is 6.04 Å². The molecule has 0 aliphatic heterocycles. The fourth-order valence-corrected chi connectivity index (χ4v) is 1.71. The van der Waals surface area contributed by atoms with E-state index in [-0.39, 0.29) is 0 Å². The van der Waals surface area contributed by atoms with Gasteiger partial charge >= 0.3 is 0 Å². The Labute approximate surface area is 94.1 Å². The van der Waals surface area contributed by atoms with Gasteiger partial charge in [-0.3, -0.25) is 0 Å². The molecule has 2 nitrogen and oxygen atoms in total. The van der Waals surface area contributed by atoms with E-state index in [1.54, 1.807) is 0 Å². The molecule has 0 aromatic carbocycles. The van der Waals surface area contributed by atoms with Gasteiger partial charge in [-0.1, -0.05) is 20.3 Å². The predicted molar refractivity (Wildman–Crippen MR) is 67.6 cm³/mol. The molecule has 3 heteroatoms. The third kappa shape index (κ3) is 5.43. The van der Waals surface area contributed by atoms with Gasteiger partial charge in [-0.05, 0) is 38.9 Å². The number of rotatable bonds is 6. The zero-order chi connectivity index (χ0) is 11.0. The minimum Gasteiger partial charge on any atom is -0.363 e. The van der Waals surface area contributed by atoms with Gasteiger partial charge in [0.2, 0.25) is 0 Å². The molecule has 0 saturated heterocycles. The maximum Gasteiger partial charge on any atom is 0.169 e. The molecule has 0 rings (SSSR count). The lowest BCUT2D eigenvalue weighted by Gasteiger charge is -2.29. The Morgan fingerprint density at radius 1 is 1.29 bits per heavy atom. The van der Waals surface area contributed by atoms with Gasteiger partial charge in [0.15, 0.2) is 5.11 Å². The standard InChI is InChI=1S/C11H24N2S/c1-5-7-8-12-11(14)13(9-6-2)10(3)4/h10H,5-9H2,1-4H3,(H,12,14). The van der Waals surface area contributed by atoms with Gasteiger partial charge in [0.1, 0.15) is 0 Å². The van der Waals surface area contributed by atoms with Gasteiger partial charge in [-0.2, -0.15) is 0 Å². The summed E-state index contributed by atoms with van der Waals surface area (Å²) in [5.41, 5.74) is 0. The molecule has 0 spiro atoms. The van der Waals surface area contributed by atoms with Crippen LogP contribution in [0.25, 0.3) is 0 Å². The molecule has 0 bridgehead atoms. The normalized spacial score (nSPS) is 10.4. The van der Waals surface area contributed by atoms with Crippen LogP contribution in [0.3, 0.4) is 0 Å². The van der Waals surface area contributed by atoms with Gasteiger partial charge in [0.25, 0.3) is 0 Å². The SMILES string of the molecule is CCCCNC(=S)N(CCC)C(C)C. The molecule has 0 aromatic heterocycles. The minimum atomic E-state index is 0.497. The van der Waals surface area contributed by atoms with Crippen molar-refractivity contribution in [3.63, 3.8) is 0 Å². The summed E-state index contributed by atoms with van der Waals surface area (Å²) >= 11 is 5.35. The summed E-state index contributed by atoms with van der Waals surface area (Å²) in [6.07, 6.45) is 3.55. The van der Waals surface area contributed by atoms with Crippen LogP contribution >= 0.6 is 12.2 Å². The molecule has 0 aromatic rings. The molecule has 0 saturated carbocycles. The van der Waals surface area contributed by atoms with Crippen molar-refractivity contribution in [3.05, 3.63) is 0 Å². The molecule has 1 N–H and O–H groups in total. The molecule has 0 aliphatic rings.